The van der Waals surface area contributed by atoms with Gasteiger partial charge in [0.1, 0.15) is 0 Å². The van der Waals surface area contributed by atoms with E-state index in [0.717, 1.165) is 22.3 Å². The number of amides is 2. The Labute approximate surface area is 176 Å². The van der Waals surface area contributed by atoms with Gasteiger partial charge in [0, 0.05) is 22.4 Å². The minimum absolute atomic E-state index is 0.182. The number of anilines is 1. The molecule has 0 fully saturated rings. The lowest BCUT2D eigenvalue weighted by Crippen LogP contribution is -2.18. The van der Waals surface area contributed by atoms with E-state index < -0.39 is 0 Å². The highest BCUT2D eigenvalue weighted by atomic mass is 16.2. The van der Waals surface area contributed by atoms with Gasteiger partial charge in [0.2, 0.25) is 0 Å². The van der Waals surface area contributed by atoms with E-state index in [1.54, 1.807) is 36.5 Å². The topological polar surface area (TPSA) is 70.6 Å². The molecule has 5 nitrogen and oxygen atoms in total. The van der Waals surface area contributed by atoms with Gasteiger partial charge in [-0.15, -0.1) is 0 Å². The number of nitrogens with zero attached hydrogens (tertiary/aromatic N) is 1. The molecular formula is C25H25N3O2. The average Bonchev–Trinajstić information content (AvgIpc) is 2.70. The summed E-state index contributed by atoms with van der Waals surface area (Å²) < 4.78 is 0. The first-order valence-electron chi connectivity index (χ1n) is 9.73. The molecule has 3 rings (SSSR count). The average molecular weight is 399 g/mol. The van der Waals surface area contributed by atoms with Gasteiger partial charge in [-0.05, 0) is 74.7 Å². The summed E-state index contributed by atoms with van der Waals surface area (Å²) in [5, 5.41) is 6.94. The summed E-state index contributed by atoms with van der Waals surface area (Å²) in [6, 6.07) is 18.3. The number of hydrazone groups is 1. The quantitative estimate of drug-likeness (QED) is 0.471. The molecule has 0 heterocycles. The van der Waals surface area contributed by atoms with Gasteiger partial charge >= 0.3 is 0 Å². The van der Waals surface area contributed by atoms with Crippen molar-refractivity contribution in [1.29, 1.82) is 0 Å². The highest BCUT2D eigenvalue weighted by Crippen LogP contribution is 2.15. The molecule has 0 aliphatic carbocycles. The van der Waals surface area contributed by atoms with Crippen molar-refractivity contribution in [1.82, 2.24) is 5.43 Å². The van der Waals surface area contributed by atoms with Crippen LogP contribution in [-0.2, 0) is 0 Å². The maximum Gasteiger partial charge on any atom is 0.271 e. The van der Waals surface area contributed by atoms with Crippen molar-refractivity contribution in [3.8, 4) is 0 Å². The first kappa shape index (κ1) is 21.0. The van der Waals surface area contributed by atoms with Gasteiger partial charge in [-0.2, -0.15) is 5.10 Å². The van der Waals surface area contributed by atoms with Crippen LogP contribution in [0.15, 0.2) is 65.8 Å². The number of rotatable bonds is 5. The Hall–Kier alpha value is -3.73. The second kappa shape index (κ2) is 9.18. The maximum atomic E-state index is 12.4. The molecule has 2 amide bonds. The molecule has 0 atom stereocenters. The van der Waals surface area contributed by atoms with E-state index in [1.807, 2.05) is 39.0 Å². The molecule has 30 heavy (non-hydrogen) atoms. The molecule has 3 aromatic rings. The Morgan fingerprint density at radius 3 is 2.07 bits per heavy atom. The van der Waals surface area contributed by atoms with Crippen molar-refractivity contribution < 1.29 is 9.59 Å². The standard InChI is InChI=1S/C25H25N3O2/c1-16-13-18(3)23(19(4)14-16)15-26-28-24(29)20-9-11-21(12-10-20)27-25(30)22-8-6-5-7-17(22)2/h5-15H,1-4H3,(H,27,30)(H,28,29). The fourth-order valence-corrected chi connectivity index (χ4v) is 3.35. The Morgan fingerprint density at radius 2 is 1.43 bits per heavy atom. The summed E-state index contributed by atoms with van der Waals surface area (Å²) in [7, 11) is 0. The summed E-state index contributed by atoms with van der Waals surface area (Å²) >= 11 is 0. The van der Waals surface area contributed by atoms with Gasteiger partial charge in [0.25, 0.3) is 11.8 Å². The molecule has 152 valence electrons. The molecule has 5 heteroatoms. The number of hydrogen-bond donors (Lipinski definition) is 2. The van der Waals surface area contributed by atoms with E-state index >= 15 is 0 Å². The molecule has 0 aliphatic rings. The minimum atomic E-state index is -0.314. The fourth-order valence-electron chi connectivity index (χ4n) is 3.35. The molecule has 0 spiro atoms. The molecule has 0 saturated carbocycles. The second-order valence-electron chi connectivity index (χ2n) is 7.36. The molecule has 0 aliphatic heterocycles. The zero-order chi connectivity index (χ0) is 21.7. The lowest BCUT2D eigenvalue weighted by atomic mass is 10.0. The zero-order valence-corrected chi connectivity index (χ0v) is 17.6. The van der Waals surface area contributed by atoms with Crippen molar-refractivity contribution >= 4 is 23.7 Å². The maximum absolute atomic E-state index is 12.4. The van der Waals surface area contributed by atoms with E-state index in [0.29, 0.717) is 16.8 Å². The van der Waals surface area contributed by atoms with Crippen molar-refractivity contribution in [3.63, 3.8) is 0 Å². The summed E-state index contributed by atoms with van der Waals surface area (Å²) in [5.41, 5.74) is 9.57. The van der Waals surface area contributed by atoms with E-state index in [-0.39, 0.29) is 11.8 Å². The molecule has 0 radical (unpaired) electrons. The Kier molecular flexibility index (Phi) is 6.42. The predicted molar refractivity (Wildman–Crippen MR) is 121 cm³/mol. The molecule has 0 saturated heterocycles. The zero-order valence-electron chi connectivity index (χ0n) is 17.6. The molecule has 0 unspecified atom stereocenters. The normalized spacial score (nSPS) is 10.8. The highest BCUT2D eigenvalue weighted by molar-refractivity contribution is 6.05. The second-order valence-corrected chi connectivity index (χ2v) is 7.36. The van der Waals surface area contributed by atoms with E-state index in [4.69, 9.17) is 0 Å². The lowest BCUT2D eigenvalue weighted by molar-refractivity contribution is 0.0954. The van der Waals surface area contributed by atoms with Crippen LogP contribution in [0.3, 0.4) is 0 Å². The Morgan fingerprint density at radius 1 is 0.800 bits per heavy atom. The lowest BCUT2D eigenvalue weighted by Gasteiger charge is -2.08. The summed E-state index contributed by atoms with van der Waals surface area (Å²) in [5.74, 6) is -0.496. The van der Waals surface area contributed by atoms with Crippen LogP contribution in [0.5, 0.6) is 0 Å². The number of carbonyl (C=O) groups excluding carboxylic acids is 2. The number of carbonyl (C=O) groups is 2. The van der Waals surface area contributed by atoms with E-state index in [9.17, 15) is 9.59 Å². The van der Waals surface area contributed by atoms with Crippen LogP contribution in [-0.4, -0.2) is 18.0 Å². The van der Waals surface area contributed by atoms with Crippen molar-refractivity contribution in [2.75, 3.05) is 5.32 Å². The van der Waals surface area contributed by atoms with Crippen LogP contribution in [0.25, 0.3) is 0 Å². The first-order valence-corrected chi connectivity index (χ1v) is 9.73. The van der Waals surface area contributed by atoms with Crippen LogP contribution < -0.4 is 10.7 Å². The van der Waals surface area contributed by atoms with E-state index in [2.05, 4.69) is 34.9 Å². The smallest absolute Gasteiger partial charge is 0.271 e. The van der Waals surface area contributed by atoms with Gasteiger partial charge < -0.3 is 5.32 Å². The molecule has 3 aromatic carbocycles. The minimum Gasteiger partial charge on any atom is -0.322 e. The van der Waals surface area contributed by atoms with Gasteiger partial charge in [-0.1, -0.05) is 35.9 Å². The van der Waals surface area contributed by atoms with Gasteiger partial charge in [-0.25, -0.2) is 5.43 Å². The summed E-state index contributed by atoms with van der Waals surface area (Å²) in [6.07, 6.45) is 1.67. The third-order valence-corrected chi connectivity index (χ3v) is 4.89. The Balaban J connectivity index is 1.63. The molecular weight excluding hydrogens is 374 g/mol. The molecule has 2 N–H and O–H groups in total. The number of benzene rings is 3. The van der Waals surface area contributed by atoms with Crippen LogP contribution in [0.4, 0.5) is 5.69 Å². The van der Waals surface area contributed by atoms with E-state index in [1.165, 1.54) is 5.56 Å². The monoisotopic (exact) mass is 399 g/mol. The molecule has 0 bridgehead atoms. The van der Waals surface area contributed by atoms with Crippen LogP contribution >= 0.6 is 0 Å². The third-order valence-electron chi connectivity index (χ3n) is 4.89. The van der Waals surface area contributed by atoms with Crippen LogP contribution in [0.1, 0.15) is 48.5 Å². The third kappa shape index (κ3) is 5.00. The number of hydrogen-bond acceptors (Lipinski definition) is 3. The predicted octanol–water partition coefficient (Wildman–Crippen LogP) is 4.94. The van der Waals surface area contributed by atoms with Gasteiger partial charge in [0.05, 0.1) is 6.21 Å². The molecule has 0 aromatic heterocycles. The Bertz CT molecular complexity index is 1090. The highest BCUT2D eigenvalue weighted by Gasteiger charge is 2.10. The largest absolute Gasteiger partial charge is 0.322 e. The van der Waals surface area contributed by atoms with Crippen LogP contribution in [0, 0.1) is 27.7 Å². The van der Waals surface area contributed by atoms with Gasteiger partial charge in [0.15, 0.2) is 0 Å². The van der Waals surface area contributed by atoms with Crippen molar-refractivity contribution in [3.05, 3.63) is 99.6 Å². The van der Waals surface area contributed by atoms with Crippen molar-refractivity contribution in [2.45, 2.75) is 27.7 Å². The summed E-state index contributed by atoms with van der Waals surface area (Å²) in [4.78, 5) is 24.7. The number of aryl methyl sites for hydroxylation is 4. The fraction of sp³-hybridized carbons (Fsp3) is 0.160. The first-order chi connectivity index (χ1) is 14.3. The van der Waals surface area contributed by atoms with Crippen molar-refractivity contribution in [2.24, 2.45) is 5.10 Å². The van der Waals surface area contributed by atoms with Crippen LogP contribution in [0.2, 0.25) is 0 Å². The SMILES string of the molecule is Cc1cc(C)c(C=NNC(=O)c2ccc(NC(=O)c3ccccc3C)cc2)c(C)c1. The summed E-state index contributed by atoms with van der Waals surface area (Å²) in [6.45, 7) is 7.98. The van der Waals surface area contributed by atoms with Gasteiger partial charge in [-0.3, -0.25) is 9.59 Å². The number of nitrogens with one attached hydrogen (secondary N) is 2.